The SMILES string of the molecule is CC(NC(=O)c1cc(N)cn1C1CC1)c1ncc[nH]1. The monoisotopic (exact) mass is 259 g/mol. The molecule has 4 N–H and O–H groups in total. The van der Waals surface area contributed by atoms with Crippen molar-refractivity contribution in [2.45, 2.75) is 31.8 Å². The molecule has 3 rings (SSSR count). The zero-order valence-corrected chi connectivity index (χ0v) is 10.8. The molecule has 6 nitrogen and oxygen atoms in total. The zero-order chi connectivity index (χ0) is 13.4. The normalized spacial score (nSPS) is 16.3. The van der Waals surface area contributed by atoms with Gasteiger partial charge in [-0.3, -0.25) is 4.79 Å². The fourth-order valence-corrected chi connectivity index (χ4v) is 2.19. The van der Waals surface area contributed by atoms with Crippen LogP contribution >= 0.6 is 0 Å². The summed E-state index contributed by atoms with van der Waals surface area (Å²) in [6.45, 7) is 1.89. The van der Waals surface area contributed by atoms with E-state index in [2.05, 4.69) is 15.3 Å². The molecule has 100 valence electrons. The second kappa shape index (κ2) is 4.46. The van der Waals surface area contributed by atoms with Crippen LogP contribution in [0.2, 0.25) is 0 Å². The third-order valence-electron chi connectivity index (χ3n) is 3.32. The molecule has 1 amide bonds. The van der Waals surface area contributed by atoms with Crippen molar-refractivity contribution in [3.05, 3.63) is 36.2 Å². The van der Waals surface area contributed by atoms with Crippen LogP contribution in [-0.4, -0.2) is 20.4 Å². The molecule has 1 atom stereocenters. The van der Waals surface area contributed by atoms with Crippen LogP contribution in [0.25, 0.3) is 0 Å². The third kappa shape index (κ3) is 2.33. The van der Waals surface area contributed by atoms with Gasteiger partial charge >= 0.3 is 0 Å². The summed E-state index contributed by atoms with van der Waals surface area (Å²) in [6, 6.07) is 1.99. The number of aromatic amines is 1. The Labute approximate surface area is 111 Å². The smallest absolute Gasteiger partial charge is 0.268 e. The van der Waals surface area contributed by atoms with Crippen molar-refractivity contribution < 1.29 is 4.79 Å². The van der Waals surface area contributed by atoms with E-state index in [-0.39, 0.29) is 11.9 Å². The van der Waals surface area contributed by atoms with Gasteiger partial charge < -0.3 is 20.6 Å². The second-order valence-corrected chi connectivity index (χ2v) is 4.97. The zero-order valence-electron chi connectivity index (χ0n) is 10.8. The molecule has 6 heteroatoms. The maximum absolute atomic E-state index is 12.3. The molecule has 1 saturated carbocycles. The summed E-state index contributed by atoms with van der Waals surface area (Å²) in [6.07, 6.45) is 7.47. The Morgan fingerprint density at radius 1 is 1.63 bits per heavy atom. The number of carbonyl (C=O) groups is 1. The van der Waals surface area contributed by atoms with Gasteiger partial charge in [-0.25, -0.2) is 4.98 Å². The maximum atomic E-state index is 12.3. The van der Waals surface area contributed by atoms with Crippen molar-refractivity contribution in [2.75, 3.05) is 5.73 Å². The number of carbonyl (C=O) groups excluding carboxylic acids is 1. The van der Waals surface area contributed by atoms with Crippen LogP contribution in [0.1, 0.15) is 48.2 Å². The molecule has 2 aromatic rings. The van der Waals surface area contributed by atoms with Crippen LogP contribution in [0.15, 0.2) is 24.7 Å². The minimum absolute atomic E-state index is 0.118. The molecule has 0 spiro atoms. The van der Waals surface area contributed by atoms with E-state index in [9.17, 15) is 4.79 Å². The lowest BCUT2D eigenvalue weighted by Gasteiger charge is -2.13. The number of nitrogens with two attached hydrogens (primary N) is 1. The Balaban J connectivity index is 1.77. The predicted molar refractivity (Wildman–Crippen MR) is 71.6 cm³/mol. The number of imidazole rings is 1. The summed E-state index contributed by atoms with van der Waals surface area (Å²) < 4.78 is 1.97. The fourth-order valence-electron chi connectivity index (χ4n) is 2.19. The topological polar surface area (TPSA) is 88.7 Å². The number of rotatable bonds is 4. The van der Waals surface area contributed by atoms with E-state index in [4.69, 9.17) is 5.73 Å². The lowest BCUT2D eigenvalue weighted by molar-refractivity contribution is 0.0929. The maximum Gasteiger partial charge on any atom is 0.268 e. The molecular formula is C13H17N5O. The van der Waals surface area contributed by atoms with Gasteiger partial charge in [-0.05, 0) is 25.8 Å². The van der Waals surface area contributed by atoms with Crippen molar-refractivity contribution in [3.63, 3.8) is 0 Å². The highest BCUT2D eigenvalue weighted by Gasteiger charge is 2.28. The molecule has 19 heavy (non-hydrogen) atoms. The molecule has 1 fully saturated rings. The van der Waals surface area contributed by atoms with E-state index in [1.54, 1.807) is 18.5 Å². The van der Waals surface area contributed by atoms with Gasteiger partial charge in [0.25, 0.3) is 5.91 Å². The molecule has 2 heterocycles. The standard InChI is InChI=1S/C13H17N5O/c1-8(12-15-4-5-16-12)17-13(19)11-6-9(14)7-18(11)10-2-3-10/h4-8,10H,2-3,14H2,1H3,(H,15,16)(H,17,19). The summed E-state index contributed by atoms with van der Waals surface area (Å²) >= 11 is 0. The predicted octanol–water partition coefficient (Wildman–Crippen LogP) is 1.62. The van der Waals surface area contributed by atoms with Crippen LogP contribution in [0.5, 0.6) is 0 Å². The first-order valence-electron chi connectivity index (χ1n) is 6.42. The van der Waals surface area contributed by atoms with Gasteiger partial charge in [0.15, 0.2) is 0 Å². The number of aromatic nitrogens is 3. The Morgan fingerprint density at radius 2 is 2.42 bits per heavy atom. The van der Waals surface area contributed by atoms with Gasteiger partial charge in [0.05, 0.1) is 11.7 Å². The summed E-state index contributed by atoms with van der Waals surface area (Å²) in [4.78, 5) is 19.4. The van der Waals surface area contributed by atoms with Crippen LogP contribution in [0.3, 0.4) is 0 Å². The van der Waals surface area contributed by atoms with E-state index in [1.165, 1.54) is 0 Å². The van der Waals surface area contributed by atoms with Crippen LogP contribution in [0, 0.1) is 0 Å². The summed E-state index contributed by atoms with van der Waals surface area (Å²) in [5.74, 6) is 0.623. The summed E-state index contributed by atoms with van der Waals surface area (Å²) in [5, 5.41) is 2.93. The fraction of sp³-hybridized carbons (Fsp3) is 0.385. The summed E-state index contributed by atoms with van der Waals surface area (Å²) in [5.41, 5.74) is 7.04. The van der Waals surface area contributed by atoms with Gasteiger partial charge in [-0.15, -0.1) is 0 Å². The van der Waals surface area contributed by atoms with Gasteiger partial charge in [0, 0.05) is 24.6 Å². The van der Waals surface area contributed by atoms with E-state index in [1.807, 2.05) is 17.7 Å². The largest absolute Gasteiger partial charge is 0.397 e. The molecule has 1 unspecified atom stereocenters. The quantitative estimate of drug-likeness (QED) is 0.779. The van der Waals surface area contributed by atoms with Crippen molar-refractivity contribution in [1.29, 1.82) is 0 Å². The van der Waals surface area contributed by atoms with E-state index in [0.717, 1.165) is 18.7 Å². The molecule has 2 aromatic heterocycles. The van der Waals surface area contributed by atoms with E-state index >= 15 is 0 Å². The molecule has 1 aliphatic rings. The van der Waals surface area contributed by atoms with Crippen LogP contribution in [0.4, 0.5) is 5.69 Å². The first kappa shape index (κ1) is 11.8. The molecule has 0 radical (unpaired) electrons. The Kier molecular flexibility index (Phi) is 2.77. The molecule has 0 bridgehead atoms. The highest BCUT2D eigenvalue weighted by Crippen LogP contribution is 2.37. The summed E-state index contributed by atoms with van der Waals surface area (Å²) in [7, 11) is 0. The van der Waals surface area contributed by atoms with Crippen molar-refractivity contribution in [1.82, 2.24) is 19.9 Å². The average molecular weight is 259 g/mol. The Bertz CT molecular complexity index is 582. The molecule has 1 aliphatic carbocycles. The number of H-pyrrole nitrogens is 1. The highest BCUT2D eigenvalue weighted by molar-refractivity contribution is 5.94. The molecule has 0 aromatic carbocycles. The number of nitrogen functional groups attached to an aromatic ring is 1. The van der Waals surface area contributed by atoms with Gasteiger partial charge in [0.2, 0.25) is 0 Å². The molecule has 0 aliphatic heterocycles. The van der Waals surface area contributed by atoms with Crippen LogP contribution < -0.4 is 11.1 Å². The minimum Gasteiger partial charge on any atom is -0.397 e. The first-order chi connectivity index (χ1) is 9.15. The highest BCUT2D eigenvalue weighted by atomic mass is 16.2. The number of nitrogens with one attached hydrogen (secondary N) is 2. The Hall–Kier alpha value is -2.24. The van der Waals surface area contributed by atoms with Gasteiger partial charge in [-0.2, -0.15) is 0 Å². The first-order valence-corrected chi connectivity index (χ1v) is 6.42. The van der Waals surface area contributed by atoms with Gasteiger partial charge in [-0.1, -0.05) is 0 Å². The number of hydrogen-bond acceptors (Lipinski definition) is 3. The number of hydrogen-bond donors (Lipinski definition) is 3. The van der Waals surface area contributed by atoms with E-state index in [0.29, 0.717) is 17.4 Å². The second-order valence-electron chi connectivity index (χ2n) is 4.97. The third-order valence-corrected chi connectivity index (χ3v) is 3.32. The molecule has 0 saturated heterocycles. The number of anilines is 1. The van der Waals surface area contributed by atoms with Crippen LogP contribution in [-0.2, 0) is 0 Å². The van der Waals surface area contributed by atoms with E-state index < -0.39 is 0 Å². The lowest BCUT2D eigenvalue weighted by atomic mass is 10.3. The van der Waals surface area contributed by atoms with Crippen molar-refractivity contribution in [3.8, 4) is 0 Å². The minimum atomic E-state index is -0.161. The van der Waals surface area contributed by atoms with Gasteiger partial charge in [0.1, 0.15) is 11.5 Å². The lowest BCUT2D eigenvalue weighted by Crippen LogP contribution is -2.29. The Morgan fingerprint density at radius 3 is 3.05 bits per heavy atom. The average Bonchev–Trinajstić information content (AvgIpc) is 2.91. The number of amides is 1. The van der Waals surface area contributed by atoms with Crippen molar-refractivity contribution in [2.24, 2.45) is 0 Å². The molecular weight excluding hydrogens is 242 g/mol. The number of nitrogens with zero attached hydrogens (tertiary/aromatic N) is 2. The van der Waals surface area contributed by atoms with Crippen molar-refractivity contribution >= 4 is 11.6 Å².